The van der Waals surface area contributed by atoms with Crippen LogP contribution < -0.4 is 10.1 Å². The number of hydrogen-bond acceptors (Lipinski definition) is 6. The lowest BCUT2D eigenvalue weighted by atomic mass is 10.2. The summed E-state index contributed by atoms with van der Waals surface area (Å²) in [5.41, 5.74) is 2.05. The average Bonchev–Trinajstić information content (AvgIpc) is 3.54. The van der Waals surface area contributed by atoms with Crippen LogP contribution in [0.1, 0.15) is 29.5 Å². The van der Waals surface area contributed by atoms with Crippen molar-refractivity contribution in [2.24, 2.45) is 0 Å². The Kier molecular flexibility index (Phi) is 5.64. The molecule has 0 spiro atoms. The number of benzene rings is 2. The zero-order chi connectivity index (χ0) is 21.0. The molecule has 1 saturated heterocycles. The Morgan fingerprint density at radius 3 is 2.94 bits per heavy atom. The molecule has 1 N–H and O–H groups in total. The molecule has 4 aromatic rings. The van der Waals surface area contributed by atoms with Crippen LogP contribution in [0.25, 0.3) is 10.9 Å². The number of aromatic nitrogens is 3. The van der Waals surface area contributed by atoms with Gasteiger partial charge in [0.25, 0.3) is 0 Å². The Labute approximate surface area is 183 Å². The molecule has 1 amide bonds. The monoisotopic (exact) mass is 434 g/mol. The van der Waals surface area contributed by atoms with Gasteiger partial charge in [0.1, 0.15) is 30.0 Å². The fourth-order valence-corrected chi connectivity index (χ4v) is 4.48. The molecule has 2 aromatic heterocycles. The summed E-state index contributed by atoms with van der Waals surface area (Å²) in [7, 11) is 0. The minimum absolute atomic E-state index is 0.00542. The number of hydrogen-bond donors (Lipinski definition) is 1. The fraction of sp³-hybridized carbons (Fsp3) is 0.261. The maximum Gasteiger partial charge on any atom is 0.246 e. The van der Waals surface area contributed by atoms with E-state index in [-0.39, 0.29) is 18.6 Å². The Morgan fingerprint density at radius 1 is 1.19 bits per heavy atom. The molecule has 31 heavy (non-hydrogen) atoms. The van der Waals surface area contributed by atoms with Crippen molar-refractivity contribution >= 4 is 33.3 Å². The molecule has 1 aliphatic rings. The molecule has 1 fully saturated rings. The number of fused-ring (bicyclic) bond motifs is 1. The van der Waals surface area contributed by atoms with Crippen LogP contribution in [0.2, 0.25) is 0 Å². The van der Waals surface area contributed by atoms with Crippen LogP contribution >= 0.6 is 11.3 Å². The summed E-state index contributed by atoms with van der Waals surface area (Å²) in [4.78, 5) is 12.6. The first-order chi connectivity index (χ1) is 15.2. The summed E-state index contributed by atoms with van der Waals surface area (Å²) in [6.07, 6.45) is 3.89. The number of nitrogens with zero attached hydrogens (tertiary/aromatic N) is 3. The highest BCUT2D eigenvalue weighted by molar-refractivity contribution is 7.15. The van der Waals surface area contributed by atoms with E-state index in [1.807, 2.05) is 65.4 Å². The largest absolute Gasteiger partial charge is 0.489 e. The van der Waals surface area contributed by atoms with Crippen LogP contribution in [-0.4, -0.2) is 27.3 Å². The van der Waals surface area contributed by atoms with Crippen LogP contribution in [0, 0.1) is 0 Å². The molecule has 0 bridgehead atoms. The average molecular weight is 435 g/mol. The van der Waals surface area contributed by atoms with Gasteiger partial charge in [-0.3, -0.25) is 10.1 Å². The highest BCUT2D eigenvalue weighted by Crippen LogP contribution is 2.32. The summed E-state index contributed by atoms with van der Waals surface area (Å²) < 4.78 is 13.5. The fourth-order valence-electron chi connectivity index (χ4n) is 3.63. The molecule has 0 aliphatic carbocycles. The molecule has 0 radical (unpaired) electrons. The lowest BCUT2D eigenvalue weighted by molar-refractivity contribution is -0.116. The van der Waals surface area contributed by atoms with E-state index in [0.29, 0.717) is 11.7 Å². The lowest BCUT2D eigenvalue weighted by Crippen LogP contribution is -2.18. The molecule has 0 saturated carbocycles. The molecule has 5 rings (SSSR count). The molecular weight excluding hydrogens is 412 g/mol. The van der Waals surface area contributed by atoms with Crippen molar-refractivity contribution in [2.45, 2.75) is 32.1 Å². The van der Waals surface area contributed by atoms with Crippen LogP contribution in [0.15, 0.2) is 60.8 Å². The number of ether oxygens (including phenoxy) is 2. The highest BCUT2D eigenvalue weighted by Gasteiger charge is 2.22. The summed E-state index contributed by atoms with van der Waals surface area (Å²) in [5.74, 6) is 0.616. The van der Waals surface area contributed by atoms with Gasteiger partial charge in [0.2, 0.25) is 11.0 Å². The van der Waals surface area contributed by atoms with Gasteiger partial charge in [0.05, 0.1) is 5.52 Å². The lowest BCUT2D eigenvalue weighted by Gasteiger charge is -2.09. The van der Waals surface area contributed by atoms with Crippen molar-refractivity contribution in [3.8, 4) is 5.75 Å². The van der Waals surface area contributed by atoms with Gasteiger partial charge in [-0.05, 0) is 42.0 Å². The van der Waals surface area contributed by atoms with Crippen LogP contribution in [0.3, 0.4) is 0 Å². The SMILES string of the molecule is O=C(Cn1ccc2ccc(OCc3ccccc3)cc21)Nc1nnc([C@@H]2CCCO2)s1. The van der Waals surface area contributed by atoms with Crippen molar-refractivity contribution in [1.82, 2.24) is 14.8 Å². The number of anilines is 1. The van der Waals surface area contributed by atoms with E-state index in [2.05, 4.69) is 15.5 Å². The zero-order valence-electron chi connectivity index (χ0n) is 16.9. The Hall–Kier alpha value is -3.23. The van der Waals surface area contributed by atoms with Gasteiger partial charge in [0, 0.05) is 18.9 Å². The second-order valence-electron chi connectivity index (χ2n) is 7.43. The number of amides is 1. The maximum absolute atomic E-state index is 12.6. The summed E-state index contributed by atoms with van der Waals surface area (Å²) in [6, 6.07) is 17.9. The van der Waals surface area contributed by atoms with Gasteiger partial charge < -0.3 is 14.0 Å². The molecule has 1 aliphatic heterocycles. The summed E-state index contributed by atoms with van der Waals surface area (Å²) in [6.45, 7) is 1.43. The smallest absolute Gasteiger partial charge is 0.246 e. The van der Waals surface area contributed by atoms with Gasteiger partial charge in [-0.15, -0.1) is 10.2 Å². The molecular formula is C23H22N4O3S. The van der Waals surface area contributed by atoms with Crippen LogP contribution in [0.4, 0.5) is 5.13 Å². The molecule has 3 heterocycles. The predicted octanol–water partition coefficient (Wildman–Crippen LogP) is 4.56. The molecule has 0 unspecified atom stereocenters. The van der Waals surface area contributed by atoms with Crippen molar-refractivity contribution in [1.29, 1.82) is 0 Å². The highest BCUT2D eigenvalue weighted by atomic mass is 32.1. The minimum Gasteiger partial charge on any atom is -0.489 e. The van der Waals surface area contributed by atoms with Crippen molar-refractivity contribution in [3.63, 3.8) is 0 Å². The Morgan fingerprint density at radius 2 is 2.10 bits per heavy atom. The minimum atomic E-state index is -0.150. The van der Waals surface area contributed by atoms with Gasteiger partial charge in [-0.2, -0.15) is 0 Å². The van der Waals surface area contributed by atoms with Crippen molar-refractivity contribution < 1.29 is 14.3 Å². The maximum atomic E-state index is 12.6. The second-order valence-corrected chi connectivity index (χ2v) is 8.44. The molecule has 8 heteroatoms. The van der Waals surface area contributed by atoms with E-state index in [1.54, 1.807) is 0 Å². The van der Waals surface area contributed by atoms with Crippen LogP contribution in [-0.2, 0) is 22.7 Å². The van der Waals surface area contributed by atoms with Crippen LogP contribution in [0.5, 0.6) is 5.75 Å². The number of carbonyl (C=O) groups excluding carboxylic acids is 1. The first-order valence-electron chi connectivity index (χ1n) is 10.2. The number of rotatable bonds is 7. The third-order valence-electron chi connectivity index (χ3n) is 5.20. The Balaban J connectivity index is 1.24. The zero-order valence-corrected chi connectivity index (χ0v) is 17.7. The first-order valence-corrected chi connectivity index (χ1v) is 11.1. The standard InChI is InChI=1S/C23H22N4O3S/c28-21(24-23-26-25-22(31-23)20-7-4-12-29-20)14-27-11-10-17-8-9-18(13-19(17)27)30-15-16-5-2-1-3-6-16/h1-3,5-6,8-11,13,20H,4,7,12,14-15H2,(H,24,26,28)/t20-/m0/s1. The first kappa shape index (κ1) is 19.7. The molecule has 2 aromatic carbocycles. The van der Waals surface area contributed by atoms with Gasteiger partial charge in [-0.1, -0.05) is 41.7 Å². The predicted molar refractivity (Wildman–Crippen MR) is 119 cm³/mol. The van der Waals surface area contributed by atoms with Gasteiger partial charge >= 0.3 is 0 Å². The number of carbonyl (C=O) groups is 1. The quantitative estimate of drug-likeness (QED) is 0.461. The van der Waals surface area contributed by atoms with Crippen molar-refractivity contribution in [2.75, 3.05) is 11.9 Å². The summed E-state index contributed by atoms with van der Waals surface area (Å²) >= 11 is 1.37. The van der Waals surface area contributed by atoms with E-state index in [0.717, 1.165) is 46.7 Å². The van der Waals surface area contributed by atoms with E-state index < -0.39 is 0 Å². The van der Waals surface area contributed by atoms with E-state index in [1.165, 1.54) is 11.3 Å². The van der Waals surface area contributed by atoms with Crippen molar-refractivity contribution in [3.05, 3.63) is 71.4 Å². The topological polar surface area (TPSA) is 78.3 Å². The van der Waals surface area contributed by atoms with E-state index >= 15 is 0 Å². The normalized spacial score (nSPS) is 15.9. The number of nitrogens with one attached hydrogen (secondary N) is 1. The molecule has 1 atom stereocenters. The second kappa shape index (κ2) is 8.87. The Bertz CT molecular complexity index is 1180. The van der Waals surface area contributed by atoms with Gasteiger partial charge in [-0.25, -0.2) is 0 Å². The van der Waals surface area contributed by atoms with Gasteiger partial charge in [0.15, 0.2) is 0 Å². The summed E-state index contributed by atoms with van der Waals surface area (Å²) in [5, 5.41) is 13.5. The molecule has 158 valence electrons. The van der Waals surface area contributed by atoms with E-state index in [9.17, 15) is 4.79 Å². The third kappa shape index (κ3) is 4.60. The third-order valence-corrected chi connectivity index (χ3v) is 6.13. The molecule has 7 nitrogen and oxygen atoms in total. The van der Waals surface area contributed by atoms with E-state index in [4.69, 9.17) is 9.47 Å².